The molecule has 0 radical (unpaired) electrons. The van der Waals surface area contributed by atoms with Crippen molar-refractivity contribution in [1.29, 1.82) is 0 Å². The number of ether oxygens (including phenoxy) is 3. The summed E-state index contributed by atoms with van der Waals surface area (Å²) in [5, 5.41) is 12.4. The minimum Gasteiger partial charge on any atom is -0.491 e. The maximum atomic E-state index is 14.2. The van der Waals surface area contributed by atoms with Crippen molar-refractivity contribution < 1.29 is 27.7 Å². The molecule has 3 rings (SSSR count). The molecule has 0 bridgehead atoms. The van der Waals surface area contributed by atoms with Gasteiger partial charge in [0.05, 0.1) is 43.0 Å². The fraction of sp³-hybridized carbons (Fsp3) is 0.625. The second-order valence-electron chi connectivity index (χ2n) is 11.2. The predicted molar refractivity (Wildman–Crippen MR) is 178 cm³/mol. The lowest BCUT2D eigenvalue weighted by Gasteiger charge is -2.45. The minimum atomic E-state index is -3.87. The topological polar surface area (TPSA) is 88.5 Å². The first-order valence-electron chi connectivity index (χ1n) is 15.1. The Morgan fingerprint density at radius 2 is 1.52 bits per heavy atom. The molecule has 10 heteroatoms. The van der Waals surface area contributed by atoms with E-state index in [0.29, 0.717) is 50.6 Å². The highest BCUT2D eigenvalue weighted by molar-refractivity contribution is 14.1. The Morgan fingerprint density at radius 3 is 2.10 bits per heavy atom. The zero-order valence-corrected chi connectivity index (χ0v) is 28.8. The lowest BCUT2D eigenvalue weighted by Crippen LogP contribution is -2.57. The molecule has 1 aliphatic rings. The second kappa shape index (κ2) is 16.6. The molecule has 0 saturated carbocycles. The molecule has 0 aromatic heterocycles. The number of halogens is 1. The van der Waals surface area contributed by atoms with Crippen molar-refractivity contribution >= 4 is 38.3 Å². The van der Waals surface area contributed by atoms with Gasteiger partial charge in [-0.2, -0.15) is 4.31 Å². The van der Waals surface area contributed by atoms with Crippen molar-refractivity contribution in [3.8, 4) is 5.75 Å². The van der Waals surface area contributed by atoms with Gasteiger partial charge in [0, 0.05) is 37.2 Å². The standard InChI is InChI=1S/C32H49IN2O6S/c1-6-8-16-32(17-9-7-2)31(36)30(28-24-26(34(3)4)12-15-29(28)42(37,38)35(32)5)25-10-13-27(14-11-25)41-23-22-40-21-20-39-19-18-33/h10-15,24,30-31,36H,6-9,16-23H2,1-5H3. The average Bonchev–Trinajstić information content (AvgIpc) is 3.03. The Hall–Kier alpha value is -1.44. The van der Waals surface area contributed by atoms with E-state index in [-0.39, 0.29) is 4.90 Å². The van der Waals surface area contributed by atoms with Crippen LogP contribution in [-0.4, -0.2) is 88.1 Å². The number of hydrogen-bond donors (Lipinski definition) is 1. The third kappa shape index (κ3) is 8.18. The molecular weight excluding hydrogens is 667 g/mol. The van der Waals surface area contributed by atoms with E-state index >= 15 is 0 Å². The van der Waals surface area contributed by atoms with E-state index in [1.54, 1.807) is 13.1 Å². The highest BCUT2D eigenvalue weighted by atomic mass is 127. The fourth-order valence-electron chi connectivity index (χ4n) is 5.78. The quantitative estimate of drug-likeness (QED) is 0.125. The number of hydrogen-bond acceptors (Lipinski definition) is 7. The summed E-state index contributed by atoms with van der Waals surface area (Å²) in [6, 6.07) is 13.2. The van der Waals surface area contributed by atoms with Gasteiger partial charge in [-0.25, -0.2) is 8.42 Å². The van der Waals surface area contributed by atoms with Crippen LogP contribution in [0, 0.1) is 0 Å². The Kier molecular flexibility index (Phi) is 13.8. The van der Waals surface area contributed by atoms with Crippen LogP contribution in [0.4, 0.5) is 5.69 Å². The van der Waals surface area contributed by atoms with E-state index in [2.05, 4.69) is 36.4 Å². The normalized spacial score (nSPS) is 19.7. The highest BCUT2D eigenvalue weighted by Gasteiger charge is 2.53. The summed E-state index contributed by atoms with van der Waals surface area (Å²) in [4.78, 5) is 2.22. The van der Waals surface area contributed by atoms with Crippen molar-refractivity contribution in [1.82, 2.24) is 4.31 Å². The molecule has 8 nitrogen and oxygen atoms in total. The summed E-state index contributed by atoms with van der Waals surface area (Å²) < 4.78 is 47.8. The molecule has 236 valence electrons. The Balaban J connectivity index is 1.99. The van der Waals surface area contributed by atoms with Crippen LogP contribution in [0.1, 0.15) is 69.4 Å². The maximum absolute atomic E-state index is 14.2. The Labute approximate surface area is 266 Å². The number of likely N-dealkylation sites (N-methyl/N-ethyl adjacent to an activating group) is 1. The van der Waals surface area contributed by atoms with Crippen LogP contribution in [0.5, 0.6) is 5.75 Å². The average molecular weight is 717 g/mol. The number of unbranched alkanes of at least 4 members (excludes halogenated alkanes) is 2. The van der Waals surface area contributed by atoms with Crippen molar-refractivity contribution in [2.24, 2.45) is 0 Å². The molecule has 1 aliphatic heterocycles. The fourth-order valence-corrected chi connectivity index (χ4v) is 7.87. The van der Waals surface area contributed by atoms with Gasteiger partial charge in [0.1, 0.15) is 12.4 Å². The van der Waals surface area contributed by atoms with Crippen LogP contribution in [0.25, 0.3) is 0 Å². The number of nitrogens with zero attached hydrogens (tertiary/aromatic N) is 2. The van der Waals surface area contributed by atoms with Gasteiger partial charge in [0.2, 0.25) is 10.0 Å². The molecule has 2 unspecified atom stereocenters. The Bertz CT molecular complexity index is 1200. The Morgan fingerprint density at radius 1 is 0.929 bits per heavy atom. The maximum Gasteiger partial charge on any atom is 0.243 e. The lowest BCUT2D eigenvalue weighted by atomic mass is 9.72. The van der Waals surface area contributed by atoms with Gasteiger partial charge in [-0.3, -0.25) is 0 Å². The summed E-state index contributed by atoms with van der Waals surface area (Å²) in [5.74, 6) is 0.162. The van der Waals surface area contributed by atoms with Gasteiger partial charge < -0.3 is 24.2 Å². The number of aliphatic hydroxyl groups is 1. The van der Waals surface area contributed by atoms with E-state index in [1.807, 2.05) is 55.4 Å². The van der Waals surface area contributed by atoms with Crippen molar-refractivity contribution in [3.05, 3.63) is 53.6 Å². The number of benzene rings is 2. The monoisotopic (exact) mass is 716 g/mol. The summed E-state index contributed by atoms with van der Waals surface area (Å²) in [7, 11) is 1.66. The summed E-state index contributed by atoms with van der Waals surface area (Å²) in [6.45, 7) is 6.90. The molecule has 0 saturated heterocycles. The molecule has 2 aromatic carbocycles. The first kappa shape index (κ1) is 35.0. The largest absolute Gasteiger partial charge is 0.491 e. The SMILES string of the molecule is CCCCC1(CCCC)C(O)C(c2ccc(OCCOCCOCCI)cc2)c2cc(N(C)C)ccc2S(=O)(=O)N1C. The number of anilines is 1. The zero-order valence-electron chi connectivity index (χ0n) is 25.9. The molecule has 0 fully saturated rings. The molecule has 0 aliphatic carbocycles. The molecule has 1 N–H and O–H groups in total. The van der Waals surface area contributed by atoms with Crippen LogP contribution in [0.3, 0.4) is 0 Å². The van der Waals surface area contributed by atoms with Crippen LogP contribution in [0.2, 0.25) is 0 Å². The summed E-state index contributed by atoms with van der Waals surface area (Å²) in [6.07, 6.45) is 3.72. The smallest absolute Gasteiger partial charge is 0.243 e. The zero-order chi connectivity index (χ0) is 30.8. The van der Waals surface area contributed by atoms with E-state index < -0.39 is 27.6 Å². The predicted octanol–water partition coefficient (Wildman–Crippen LogP) is 5.85. The molecule has 0 amide bonds. The van der Waals surface area contributed by atoms with Gasteiger partial charge in [-0.05, 0) is 54.3 Å². The molecule has 2 aromatic rings. The van der Waals surface area contributed by atoms with Gasteiger partial charge in [0.25, 0.3) is 0 Å². The third-order valence-electron chi connectivity index (χ3n) is 8.23. The number of aliphatic hydroxyl groups excluding tert-OH is 1. The van der Waals surface area contributed by atoms with Crippen LogP contribution < -0.4 is 9.64 Å². The van der Waals surface area contributed by atoms with Crippen molar-refractivity contribution in [2.45, 2.75) is 74.8 Å². The minimum absolute atomic E-state index is 0.259. The van der Waals surface area contributed by atoms with E-state index in [0.717, 1.165) is 48.0 Å². The van der Waals surface area contributed by atoms with Gasteiger partial charge in [-0.1, -0.05) is 74.3 Å². The van der Waals surface area contributed by atoms with Crippen LogP contribution in [-0.2, 0) is 19.5 Å². The van der Waals surface area contributed by atoms with E-state index in [9.17, 15) is 13.5 Å². The van der Waals surface area contributed by atoms with Gasteiger partial charge >= 0.3 is 0 Å². The summed E-state index contributed by atoms with van der Waals surface area (Å²) in [5.41, 5.74) is 1.44. The molecule has 2 atom stereocenters. The number of alkyl halides is 1. The lowest BCUT2D eigenvalue weighted by molar-refractivity contribution is -0.00314. The number of sulfonamides is 1. The van der Waals surface area contributed by atoms with E-state index in [4.69, 9.17) is 14.2 Å². The van der Waals surface area contributed by atoms with Crippen LogP contribution in [0.15, 0.2) is 47.4 Å². The van der Waals surface area contributed by atoms with Gasteiger partial charge in [0.15, 0.2) is 0 Å². The van der Waals surface area contributed by atoms with Crippen molar-refractivity contribution in [2.75, 3.05) is 63.5 Å². The van der Waals surface area contributed by atoms with Crippen molar-refractivity contribution in [3.63, 3.8) is 0 Å². The number of rotatable bonds is 17. The van der Waals surface area contributed by atoms with Crippen LogP contribution >= 0.6 is 22.6 Å². The second-order valence-corrected chi connectivity index (χ2v) is 14.2. The number of fused-ring (bicyclic) bond motifs is 1. The van der Waals surface area contributed by atoms with E-state index in [1.165, 1.54) is 4.31 Å². The molecule has 42 heavy (non-hydrogen) atoms. The molecule has 1 heterocycles. The molecular formula is C32H49IN2O6S. The highest BCUT2D eigenvalue weighted by Crippen LogP contribution is 2.48. The first-order chi connectivity index (χ1) is 20.1. The first-order valence-corrected chi connectivity index (χ1v) is 18.0. The summed E-state index contributed by atoms with van der Waals surface area (Å²) >= 11 is 2.28. The van der Waals surface area contributed by atoms with Gasteiger partial charge in [-0.15, -0.1) is 0 Å². The third-order valence-corrected chi connectivity index (χ3v) is 10.7. The molecule has 0 spiro atoms.